The predicted molar refractivity (Wildman–Crippen MR) is 143 cm³/mol. The Morgan fingerprint density at radius 3 is 1.77 bits per heavy atom. The van der Waals surface area contributed by atoms with Gasteiger partial charge >= 0.3 is 0 Å². The monoisotopic (exact) mass is 554 g/mol. The van der Waals surface area contributed by atoms with Gasteiger partial charge in [-0.15, -0.1) is 0 Å². The molecule has 0 aliphatic rings. The molecule has 0 saturated heterocycles. The fraction of sp³-hybridized carbons (Fsp3) is 0.630. The number of ether oxygens (including phenoxy) is 2. The summed E-state index contributed by atoms with van der Waals surface area (Å²) in [5.41, 5.74) is 1.23. The lowest BCUT2D eigenvalue weighted by molar-refractivity contribution is 0.302. The molecule has 0 aliphatic heterocycles. The van der Waals surface area contributed by atoms with Crippen molar-refractivity contribution in [2.24, 2.45) is 0 Å². The zero-order chi connectivity index (χ0) is 22.2. The maximum atomic E-state index is 6.09. The summed E-state index contributed by atoms with van der Waals surface area (Å²) < 4.78 is 12.1. The highest BCUT2D eigenvalue weighted by molar-refractivity contribution is 9.09. The SMILES string of the molecule is Cc1c(OCCCCCCCCBr)ccc2cc(OCCCCCCCCBr)ccc12. The number of fused-ring (bicyclic) bond motifs is 1. The minimum atomic E-state index is 0.806. The number of halogens is 2. The predicted octanol–water partition coefficient (Wildman–Crippen LogP) is 9.38. The van der Waals surface area contributed by atoms with Crippen molar-refractivity contribution in [1.82, 2.24) is 0 Å². The number of alkyl halides is 2. The number of benzene rings is 2. The van der Waals surface area contributed by atoms with Gasteiger partial charge in [0.15, 0.2) is 0 Å². The Hall–Kier alpha value is -0.740. The zero-order valence-electron chi connectivity index (χ0n) is 19.3. The summed E-state index contributed by atoms with van der Waals surface area (Å²) in [6, 6.07) is 10.7. The molecule has 0 unspecified atom stereocenters. The quantitative estimate of drug-likeness (QED) is 0.135. The minimum absolute atomic E-state index is 0.806. The van der Waals surface area contributed by atoms with E-state index in [-0.39, 0.29) is 0 Å². The average Bonchev–Trinajstić information content (AvgIpc) is 2.78. The van der Waals surface area contributed by atoms with Gasteiger partial charge in [-0.05, 0) is 67.1 Å². The summed E-state index contributed by atoms with van der Waals surface area (Å²) in [6.45, 7) is 3.77. The second kappa shape index (κ2) is 16.8. The molecule has 0 aliphatic carbocycles. The summed E-state index contributed by atoms with van der Waals surface area (Å²) in [4.78, 5) is 0. The van der Waals surface area contributed by atoms with Crippen molar-refractivity contribution in [2.75, 3.05) is 23.9 Å². The third-order valence-electron chi connectivity index (χ3n) is 5.79. The Kier molecular flexibility index (Phi) is 14.4. The van der Waals surface area contributed by atoms with E-state index < -0.39 is 0 Å². The summed E-state index contributed by atoms with van der Waals surface area (Å²) >= 11 is 6.99. The van der Waals surface area contributed by atoms with E-state index >= 15 is 0 Å². The molecule has 4 heteroatoms. The molecular formula is C27H40Br2O2. The van der Waals surface area contributed by atoms with Crippen LogP contribution in [0.2, 0.25) is 0 Å². The average molecular weight is 556 g/mol. The second-order valence-corrected chi connectivity index (χ2v) is 9.98. The number of rotatable bonds is 18. The van der Waals surface area contributed by atoms with Gasteiger partial charge < -0.3 is 9.47 Å². The summed E-state index contributed by atoms with van der Waals surface area (Å²) in [7, 11) is 0. The van der Waals surface area contributed by atoms with Gasteiger partial charge in [0.25, 0.3) is 0 Å². The van der Waals surface area contributed by atoms with Crippen LogP contribution in [0.1, 0.15) is 82.6 Å². The van der Waals surface area contributed by atoms with E-state index in [1.807, 2.05) is 0 Å². The lowest BCUT2D eigenvalue weighted by Crippen LogP contribution is -2.00. The lowest BCUT2D eigenvalue weighted by atomic mass is 10.0. The minimum Gasteiger partial charge on any atom is -0.494 e. The van der Waals surface area contributed by atoms with E-state index in [1.54, 1.807) is 0 Å². The van der Waals surface area contributed by atoms with E-state index in [1.165, 1.54) is 80.5 Å². The van der Waals surface area contributed by atoms with E-state index in [9.17, 15) is 0 Å². The lowest BCUT2D eigenvalue weighted by Gasteiger charge is -2.13. The highest BCUT2D eigenvalue weighted by Crippen LogP contribution is 2.30. The van der Waals surface area contributed by atoms with Gasteiger partial charge in [-0.1, -0.05) is 95.4 Å². The number of aryl methyl sites for hydroxylation is 1. The van der Waals surface area contributed by atoms with Crippen molar-refractivity contribution in [2.45, 2.75) is 84.0 Å². The van der Waals surface area contributed by atoms with Gasteiger partial charge in [-0.25, -0.2) is 0 Å². The Labute approximate surface area is 206 Å². The largest absolute Gasteiger partial charge is 0.494 e. The van der Waals surface area contributed by atoms with Crippen LogP contribution in [0.15, 0.2) is 30.3 Å². The molecule has 0 saturated carbocycles. The standard InChI is InChI=1S/C27H40Br2O2/c1-23-26-16-15-25(30-20-12-8-4-2-6-10-18-28)22-24(26)14-17-27(23)31-21-13-9-5-3-7-11-19-29/h14-17,22H,2-13,18-21H2,1H3. The van der Waals surface area contributed by atoms with E-state index in [0.29, 0.717) is 0 Å². The van der Waals surface area contributed by atoms with Crippen molar-refractivity contribution in [3.63, 3.8) is 0 Å². The van der Waals surface area contributed by atoms with Crippen LogP contribution < -0.4 is 9.47 Å². The highest BCUT2D eigenvalue weighted by Gasteiger charge is 2.06. The number of hydrogen-bond acceptors (Lipinski definition) is 2. The molecule has 2 aromatic carbocycles. The molecule has 0 amide bonds. The summed E-state index contributed by atoms with van der Waals surface area (Å²) in [5.74, 6) is 1.99. The Bertz CT molecular complexity index is 732. The molecule has 2 aromatic rings. The van der Waals surface area contributed by atoms with Gasteiger partial charge in [0.2, 0.25) is 0 Å². The van der Waals surface area contributed by atoms with Crippen molar-refractivity contribution in [3.05, 3.63) is 35.9 Å². The number of hydrogen-bond donors (Lipinski definition) is 0. The van der Waals surface area contributed by atoms with Gasteiger partial charge in [-0.2, -0.15) is 0 Å². The first kappa shape index (κ1) is 26.5. The molecule has 31 heavy (non-hydrogen) atoms. The Morgan fingerprint density at radius 1 is 0.613 bits per heavy atom. The molecule has 2 rings (SSSR count). The molecule has 0 aromatic heterocycles. The molecule has 0 heterocycles. The Morgan fingerprint density at radius 2 is 1.16 bits per heavy atom. The maximum Gasteiger partial charge on any atom is 0.122 e. The molecule has 0 radical (unpaired) electrons. The van der Waals surface area contributed by atoms with Gasteiger partial charge in [0.1, 0.15) is 11.5 Å². The number of unbranched alkanes of at least 4 members (excludes halogenated alkanes) is 10. The van der Waals surface area contributed by atoms with Gasteiger partial charge in [0.05, 0.1) is 13.2 Å². The van der Waals surface area contributed by atoms with Gasteiger partial charge in [0, 0.05) is 10.7 Å². The molecule has 0 fully saturated rings. The topological polar surface area (TPSA) is 18.5 Å². The zero-order valence-corrected chi connectivity index (χ0v) is 22.4. The maximum absolute atomic E-state index is 6.09. The van der Waals surface area contributed by atoms with Crippen LogP contribution in [0.4, 0.5) is 0 Å². The molecule has 0 spiro atoms. The van der Waals surface area contributed by atoms with E-state index in [4.69, 9.17) is 9.47 Å². The first-order chi connectivity index (χ1) is 15.3. The molecular weight excluding hydrogens is 516 g/mol. The molecule has 0 bridgehead atoms. The van der Waals surface area contributed by atoms with Crippen molar-refractivity contribution in [1.29, 1.82) is 0 Å². The molecule has 174 valence electrons. The van der Waals surface area contributed by atoms with Crippen LogP contribution in [0.5, 0.6) is 11.5 Å². The summed E-state index contributed by atoms with van der Waals surface area (Å²) in [6.07, 6.45) is 15.3. The van der Waals surface area contributed by atoms with Crippen LogP contribution in [0, 0.1) is 6.92 Å². The van der Waals surface area contributed by atoms with Crippen molar-refractivity contribution < 1.29 is 9.47 Å². The van der Waals surface area contributed by atoms with Crippen LogP contribution in [0.3, 0.4) is 0 Å². The first-order valence-electron chi connectivity index (χ1n) is 12.2. The third kappa shape index (κ3) is 10.6. The second-order valence-electron chi connectivity index (χ2n) is 8.39. The normalized spacial score (nSPS) is 11.2. The van der Waals surface area contributed by atoms with Crippen molar-refractivity contribution in [3.8, 4) is 11.5 Å². The van der Waals surface area contributed by atoms with E-state index in [2.05, 4.69) is 69.1 Å². The summed E-state index contributed by atoms with van der Waals surface area (Å²) in [5, 5.41) is 4.74. The smallest absolute Gasteiger partial charge is 0.122 e. The van der Waals surface area contributed by atoms with Crippen LogP contribution in [0.25, 0.3) is 10.8 Å². The van der Waals surface area contributed by atoms with E-state index in [0.717, 1.165) is 48.2 Å². The van der Waals surface area contributed by atoms with Gasteiger partial charge in [-0.3, -0.25) is 0 Å². The fourth-order valence-corrected chi connectivity index (χ4v) is 4.66. The molecule has 0 atom stereocenters. The molecule has 2 nitrogen and oxygen atoms in total. The van der Waals surface area contributed by atoms with Crippen LogP contribution in [-0.2, 0) is 0 Å². The fourth-order valence-electron chi connectivity index (χ4n) is 3.87. The molecule has 0 N–H and O–H groups in total. The third-order valence-corrected chi connectivity index (χ3v) is 6.91. The highest BCUT2D eigenvalue weighted by atomic mass is 79.9. The van der Waals surface area contributed by atoms with Crippen LogP contribution >= 0.6 is 31.9 Å². The van der Waals surface area contributed by atoms with Crippen molar-refractivity contribution >= 4 is 42.6 Å². The first-order valence-corrected chi connectivity index (χ1v) is 14.4. The Balaban J connectivity index is 1.71. The van der Waals surface area contributed by atoms with Crippen LogP contribution in [-0.4, -0.2) is 23.9 Å².